The maximum Gasteiger partial charge on any atom is 0.108 e. The molecule has 2 aromatic carbocycles. The van der Waals surface area contributed by atoms with Gasteiger partial charge < -0.3 is 20.4 Å². The number of hydrogen-bond donors (Lipinski definition) is 4. The van der Waals surface area contributed by atoms with Crippen LogP contribution in [0.1, 0.15) is 58.4 Å². The average Bonchev–Trinajstić information content (AvgIpc) is 2.69. The Labute approximate surface area is 177 Å². The van der Waals surface area contributed by atoms with Crippen LogP contribution >= 0.6 is 11.8 Å². The molecule has 4 N–H and O–H groups in total. The Morgan fingerprint density at radius 3 is 2.14 bits per heavy atom. The van der Waals surface area contributed by atoms with E-state index in [9.17, 15) is 20.4 Å². The minimum absolute atomic E-state index is 0.244. The molecule has 1 aliphatic rings. The smallest absolute Gasteiger partial charge is 0.108 e. The predicted molar refractivity (Wildman–Crippen MR) is 118 cm³/mol. The number of rotatable bonds is 5. The van der Waals surface area contributed by atoms with Gasteiger partial charge in [0.2, 0.25) is 0 Å². The Bertz CT molecular complexity index is 832. The number of hydrogen-bond acceptors (Lipinski definition) is 5. The zero-order chi connectivity index (χ0) is 21.3. The fourth-order valence-electron chi connectivity index (χ4n) is 4.01. The molecular formula is C24H32O4S. The zero-order valence-corrected chi connectivity index (χ0v) is 18.4. The number of benzene rings is 2. The second kappa shape index (κ2) is 9.19. The van der Waals surface area contributed by atoms with Crippen molar-refractivity contribution in [3.05, 3.63) is 69.8 Å². The van der Waals surface area contributed by atoms with Crippen LogP contribution in [-0.4, -0.2) is 50.6 Å². The van der Waals surface area contributed by atoms with E-state index in [0.717, 1.165) is 17.5 Å². The second-order valence-electron chi connectivity index (χ2n) is 8.46. The molecule has 0 aliphatic carbocycles. The van der Waals surface area contributed by atoms with E-state index < -0.39 is 28.8 Å². The molecule has 0 unspecified atom stereocenters. The Balaban J connectivity index is 1.91. The molecule has 0 bridgehead atoms. The third-order valence-electron chi connectivity index (χ3n) is 5.96. The highest BCUT2D eigenvalue weighted by atomic mass is 32.2. The molecule has 0 saturated carbocycles. The standard InChI is InChI=1S/C24H32O4S/c1-13(2)17-7-5-16(6-8-17)10-18-11-19(15(4)9-14(18)3)24-23(28)22(27)21(26)20(12-25)29-24/h5-9,11,13,20-28H,10,12H2,1-4H3/t20-,21-,22+,23-,24+/m1/s1. The molecule has 158 valence electrons. The summed E-state index contributed by atoms with van der Waals surface area (Å²) in [5, 5.41) is 39.7. The molecule has 1 heterocycles. The molecule has 2 aromatic rings. The summed E-state index contributed by atoms with van der Waals surface area (Å²) in [4.78, 5) is 0. The maximum atomic E-state index is 10.6. The predicted octanol–water partition coefficient (Wildman–Crippen LogP) is 3.25. The summed E-state index contributed by atoms with van der Waals surface area (Å²) in [7, 11) is 0. The van der Waals surface area contributed by atoms with Crippen LogP contribution in [0.5, 0.6) is 0 Å². The lowest BCUT2D eigenvalue weighted by Crippen LogP contribution is -2.51. The lowest BCUT2D eigenvalue weighted by molar-refractivity contribution is -0.0700. The van der Waals surface area contributed by atoms with Crippen molar-refractivity contribution in [2.45, 2.75) is 68.8 Å². The summed E-state index contributed by atoms with van der Waals surface area (Å²) in [5.41, 5.74) is 6.90. The van der Waals surface area contributed by atoms with Crippen LogP contribution in [-0.2, 0) is 6.42 Å². The van der Waals surface area contributed by atoms with Crippen LogP contribution in [0.4, 0.5) is 0 Å². The van der Waals surface area contributed by atoms with Crippen molar-refractivity contribution < 1.29 is 20.4 Å². The Morgan fingerprint density at radius 1 is 0.897 bits per heavy atom. The molecule has 0 spiro atoms. The summed E-state index contributed by atoms with van der Waals surface area (Å²) in [5.74, 6) is 0.503. The summed E-state index contributed by atoms with van der Waals surface area (Å²) >= 11 is 1.33. The molecule has 1 saturated heterocycles. The molecule has 1 fully saturated rings. The average molecular weight is 417 g/mol. The molecule has 0 amide bonds. The van der Waals surface area contributed by atoms with Gasteiger partial charge in [0.1, 0.15) is 6.10 Å². The van der Waals surface area contributed by atoms with Crippen molar-refractivity contribution in [1.82, 2.24) is 0 Å². The van der Waals surface area contributed by atoms with Crippen LogP contribution < -0.4 is 0 Å². The fourth-order valence-corrected chi connectivity index (χ4v) is 5.52. The molecule has 4 nitrogen and oxygen atoms in total. The highest BCUT2D eigenvalue weighted by Gasteiger charge is 2.44. The van der Waals surface area contributed by atoms with Gasteiger partial charge in [-0.25, -0.2) is 0 Å². The topological polar surface area (TPSA) is 80.9 Å². The third-order valence-corrected chi connectivity index (χ3v) is 7.57. The van der Waals surface area contributed by atoms with E-state index >= 15 is 0 Å². The lowest BCUT2D eigenvalue weighted by Gasteiger charge is -2.40. The highest BCUT2D eigenvalue weighted by molar-refractivity contribution is 8.00. The van der Waals surface area contributed by atoms with E-state index in [4.69, 9.17) is 0 Å². The minimum atomic E-state index is -1.27. The van der Waals surface area contributed by atoms with E-state index in [1.54, 1.807) is 0 Å². The normalized spacial score (nSPS) is 27.4. The van der Waals surface area contributed by atoms with Gasteiger partial charge in [-0.15, -0.1) is 11.8 Å². The largest absolute Gasteiger partial charge is 0.395 e. The van der Waals surface area contributed by atoms with E-state index in [1.165, 1.54) is 34.0 Å². The molecule has 0 radical (unpaired) electrons. The summed E-state index contributed by atoms with van der Waals surface area (Å²) in [6.45, 7) is 8.22. The quantitative estimate of drug-likeness (QED) is 0.602. The van der Waals surface area contributed by atoms with Gasteiger partial charge >= 0.3 is 0 Å². The Hall–Kier alpha value is -1.37. The number of aliphatic hydroxyl groups is 4. The first-order valence-electron chi connectivity index (χ1n) is 10.2. The SMILES string of the molecule is Cc1cc(C)c([C@@H]2S[C@H](CO)[C@@H](O)[C@H](O)[C@H]2O)cc1Cc1ccc(C(C)C)cc1. The van der Waals surface area contributed by atoms with Crippen LogP contribution in [0.15, 0.2) is 36.4 Å². The minimum Gasteiger partial charge on any atom is -0.395 e. The number of aryl methyl sites for hydroxylation is 2. The van der Waals surface area contributed by atoms with Crippen molar-refractivity contribution in [3.8, 4) is 0 Å². The lowest BCUT2D eigenvalue weighted by atomic mass is 9.90. The van der Waals surface area contributed by atoms with Gasteiger partial charge in [0.05, 0.1) is 29.3 Å². The molecule has 3 rings (SSSR count). The molecule has 5 atom stereocenters. The van der Waals surface area contributed by atoms with Crippen molar-refractivity contribution in [2.75, 3.05) is 6.61 Å². The van der Waals surface area contributed by atoms with Crippen molar-refractivity contribution in [3.63, 3.8) is 0 Å². The van der Waals surface area contributed by atoms with Crippen molar-refractivity contribution in [1.29, 1.82) is 0 Å². The maximum absolute atomic E-state index is 10.6. The van der Waals surface area contributed by atoms with Crippen LogP contribution in [0.25, 0.3) is 0 Å². The summed E-state index contributed by atoms with van der Waals surface area (Å²) in [6, 6.07) is 12.9. The molecular weight excluding hydrogens is 384 g/mol. The first-order chi connectivity index (χ1) is 13.7. The Kier molecular flexibility index (Phi) is 7.07. The highest BCUT2D eigenvalue weighted by Crippen LogP contribution is 2.44. The number of aliphatic hydroxyl groups excluding tert-OH is 4. The van der Waals surface area contributed by atoms with E-state index in [1.807, 2.05) is 6.92 Å². The van der Waals surface area contributed by atoms with Crippen LogP contribution in [0, 0.1) is 13.8 Å². The third kappa shape index (κ3) is 4.70. The zero-order valence-electron chi connectivity index (χ0n) is 17.5. The van der Waals surface area contributed by atoms with Gasteiger partial charge in [-0.2, -0.15) is 0 Å². The van der Waals surface area contributed by atoms with E-state index in [2.05, 4.69) is 57.2 Å². The number of thioether (sulfide) groups is 1. The van der Waals surface area contributed by atoms with E-state index in [-0.39, 0.29) is 6.61 Å². The van der Waals surface area contributed by atoms with Crippen LogP contribution in [0.2, 0.25) is 0 Å². The van der Waals surface area contributed by atoms with Gasteiger partial charge in [-0.1, -0.05) is 50.2 Å². The molecule has 1 aliphatic heterocycles. The molecule has 5 heteroatoms. The Morgan fingerprint density at radius 2 is 1.55 bits per heavy atom. The fraction of sp³-hybridized carbons (Fsp3) is 0.500. The van der Waals surface area contributed by atoms with Gasteiger partial charge in [0.15, 0.2) is 0 Å². The van der Waals surface area contributed by atoms with Gasteiger partial charge in [0.25, 0.3) is 0 Å². The molecule has 0 aromatic heterocycles. The second-order valence-corrected chi connectivity index (χ2v) is 9.84. The van der Waals surface area contributed by atoms with Gasteiger partial charge in [0, 0.05) is 0 Å². The first-order valence-corrected chi connectivity index (χ1v) is 11.2. The monoisotopic (exact) mass is 416 g/mol. The van der Waals surface area contributed by atoms with Crippen molar-refractivity contribution >= 4 is 11.8 Å². The molecule has 29 heavy (non-hydrogen) atoms. The van der Waals surface area contributed by atoms with Gasteiger partial charge in [-0.3, -0.25) is 0 Å². The summed E-state index contributed by atoms with van der Waals surface area (Å²) < 4.78 is 0. The van der Waals surface area contributed by atoms with Gasteiger partial charge in [-0.05, 0) is 59.6 Å². The van der Waals surface area contributed by atoms with Crippen molar-refractivity contribution in [2.24, 2.45) is 0 Å². The first kappa shape index (κ1) is 22.3. The van der Waals surface area contributed by atoms with Crippen LogP contribution in [0.3, 0.4) is 0 Å². The summed E-state index contributed by atoms with van der Waals surface area (Å²) in [6.07, 6.45) is -2.70. The van der Waals surface area contributed by atoms with E-state index in [0.29, 0.717) is 5.92 Å².